The summed E-state index contributed by atoms with van der Waals surface area (Å²) in [6, 6.07) is 16.7. The third-order valence-electron chi connectivity index (χ3n) is 5.30. The van der Waals surface area contributed by atoms with Crippen molar-refractivity contribution in [3.63, 3.8) is 0 Å². The normalized spacial score (nSPS) is 12.6. The van der Waals surface area contributed by atoms with Crippen molar-refractivity contribution >= 4 is 21.6 Å². The van der Waals surface area contributed by atoms with E-state index in [0.29, 0.717) is 34.1 Å². The van der Waals surface area contributed by atoms with Gasteiger partial charge < -0.3 is 19.5 Å². The van der Waals surface area contributed by atoms with Gasteiger partial charge in [0, 0.05) is 36.5 Å². The van der Waals surface area contributed by atoms with Crippen LogP contribution in [-0.2, 0) is 16.6 Å². The fraction of sp³-hybridized carbons (Fsp3) is 0.208. The van der Waals surface area contributed by atoms with Crippen LogP contribution in [0.3, 0.4) is 0 Å². The number of nitrogens with zero attached hydrogens (tertiary/aromatic N) is 1. The number of fused-ring (bicyclic) bond motifs is 1. The Morgan fingerprint density at radius 2 is 1.76 bits per heavy atom. The first-order valence-electron chi connectivity index (χ1n) is 10.2. The summed E-state index contributed by atoms with van der Waals surface area (Å²) in [4.78, 5) is 13.0. The Labute approximate surface area is 192 Å². The Bertz CT molecular complexity index is 1290. The van der Waals surface area contributed by atoms with Gasteiger partial charge in [-0.05, 0) is 49.4 Å². The first-order valence-corrected chi connectivity index (χ1v) is 11.6. The van der Waals surface area contributed by atoms with Crippen LogP contribution in [0.5, 0.6) is 17.2 Å². The lowest BCUT2D eigenvalue weighted by Crippen LogP contribution is -2.27. The van der Waals surface area contributed by atoms with Crippen molar-refractivity contribution in [2.24, 2.45) is 0 Å². The topological polar surface area (TPSA) is 94.2 Å². The Hall–Kier alpha value is -3.56. The number of hydrogen-bond acceptors (Lipinski definition) is 6. The number of carbonyl (C=O) groups is 1. The van der Waals surface area contributed by atoms with E-state index in [4.69, 9.17) is 14.2 Å². The van der Waals surface area contributed by atoms with Gasteiger partial charge in [-0.3, -0.25) is 4.79 Å². The maximum absolute atomic E-state index is 13.0. The van der Waals surface area contributed by atoms with Gasteiger partial charge in [-0.15, -0.1) is 0 Å². The molecular formula is C24H24N2O6S. The molecule has 0 saturated carbocycles. The van der Waals surface area contributed by atoms with Gasteiger partial charge >= 0.3 is 0 Å². The van der Waals surface area contributed by atoms with Crippen LogP contribution in [-0.4, -0.2) is 39.6 Å². The largest absolute Gasteiger partial charge is 0.496 e. The number of anilines is 1. The fourth-order valence-corrected chi connectivity index (χ4v) is 4.58. The number of amides is 1. The quantitative estimate of drug-likeness (QED) is 0.567. The maximum Gasteiger partial charge on any atom is 0.255 e. The number of benzene rings is 3. The van der Waals surface area contributed by atoms with E-state index in [1.54, 1.807) is 60.7 Å². The summed E-state index contributed by atoms with van der Waals surface area (Å²) in [5, 5.41) is 2.82. The minimum atomic E-state index is -3.71. The zero-order chi connectivity index (χ0) is 23.6. The number of hydrogen-bond donors (Lipinski definition) is 1. The molecule has 0 saturated heterocycles. The molecule has 1 aliphatic heterocycles. The Balaban J connectivity index is 1.55. The zero-order valence-electron chi connectivity index (χ0n) is 18.5. The number of methoxy groups -OCH3 is 1. The van der Waals surface area contributed by atoms with Crippen LogP contribution in [0, 0.1) is 6.92 Å². The van der Waals surface area contributed by atoms with Crippen molar-refractivity contribution < 1.29 is 27.4 Å². The standard InChI is InChI=1S/C24H24N2O6S/c1-16-4-8-20(9-5-16)33(28,29)26(2)14-18-12-17(6-10-21(18)30-3)24(27)25-19-7-11-22-23(13-19)32-15-31-22/h4-13H,14-15H2,1-3H3,(H,25,27). The van der Waals surface area contributed by atoms with E-state index < -0.39 is 10.0 Å². The van der Waals surface area contributed by atoms with E-state index in [2.05, 4.69) is 5.32 Å². The lowest BCUT2D eigenvalue weighted by molar-refractivity contribution is 0.102. The molecule has 33 heavy (non-hydrogen) atoms. The highest BCUT2D eigenvalue weighted by atomic mass is 32.2. The molecule has 0 spiro atoms. The first kappa shape index (κ1) is 22.6. The van der Waals surface area contributed by atoms with Crippen molar-refractivity contribution in [3.8, 4) is 17.2 Å². The molecule has 3 aromatic rings. The maximum atomic E-state index is 13.0. The number of sulfonamides is 1. The summed E-state index contributed by atoms with van der Waals surface area (Å²) >= 11 is 0. The van der Waals surface area contributed by atoms with Gasteiger partial charge in [-0.1, -0.05) is 17.7 Å². The van der Waals surface area contributed by atoms with Gasteiger partial charge in [0.25, 0.3) is 5.91 Å². The smallest absolute Gasteiger partial charge is 0.255 e. The van der Waals surface area contributed by atoms with Gasteiger partial charge in [0.1, 0.15) is 5.75 Å². The predicted octanol–water partition coefficient (Wildman–Crippen LogP) is 3.81. The average molecular weight is 469 g/mol. The Morgan fingerprint density at radius 1 is 1.03 bits per heavy atom. The molecule has 0 aliphatic carbocycles. The molecule has 172 valence electrons. The molecule has 8 nitrogen and oxygen atoms in total. The van der Waals surface area contributed by atoms with Crippen LogP contribution in [0.2, 0.25) is 0 Å². The summed E-state index contributed by atoms with van der Waals surface area (Å²) in [5.41, 5.74) is 2.46. The first-order chi connectivity index (χ1) is 15.8. The fourth-order valence-electron chi connectivity index (χ4n) is 3.44. The van der Waals surface area contributed by atoms with Crippen LogP contribution in [0.15, 0.2) is 65.6 Å². The summed E-state index contributed by atoms with van der Waals surface area (Å²) in [7, 11) is -0.721. The molecule has 0 atom stereocenters. The third kappa shape index (κ3) is 4.79. The average Bonchev–Trinajstić information content (AvgIpc) is 3.27. The lowest BCUT2D eigenvalue weighted by Gasteiger charge is -2.19. The highest BCUT2D eigenvalue weighted by Crippen LogP contribution is 2.34. The van der Waals surface area contributed by atoms with E-state index in [0.717, 1.165) is 5.56 Å². The number of ether oxygens (including phenoxy) is 3. The minimum Gasteiger partial charge on any atom is -0.496 e. The molecule has 0 unspecified atom stereocenters. The van der Waals surface area contributed by atoms with Crippen LogP contribution >= 0.6 is 0 Å². The van der Waals surface area contributed by atoms with Gasteiger partial charge in [-0.2, -0.15) is 4.31 Å². The second kappa shape index (κ2) is 9.13. The van der Waals surface area contributed by atoms with Crippen LogP contribution in [0.25, 0.3) is 0 Å². The molecule has 9 heteroatoms. The highest BCUT2D eigenvalue weighted by molar-refractivity contribution is 7.89. The molecule has 0 radical (unpaired) electrons. The monoisotopic (exact) mass is 468 g/mol. The second-order valence-corrected chi connectivity index (χ2v) is 9.67. The van der Waals surface area contributed by atoms with E-state index in [1.807, 2.05) is 6.92 Å². The van der Waals surface area contributed by atoms with Crippen molar-refractivity contribution in [2.75, 3.05) is 26.3 Å². The van der Waals surface area contributed by atoms with Gasteiger partial charge in [0.15, 0.2) is 11.5 Å². The lowest BCUT2D eigenvalue weighted by atomic mass is 10.1. The van der Waals surface area contributed by atoms with Gasteiger partial charge in [0.2, 0.25) is 16.8 Å². The minimum absolute atomic E-state index is 0.0323. The van der Waals surface area contributed by atoms with E-state index in [9.17, 15) is 13.2 Å². The third-order valence-corrected chi connectivity index (χ3v) is 7.11. The molecule has 3 aromatic carbocycles. The SMILES string of the molecule is COc1ccc(C(=O)Nc2ccc3c(c2)OCO3)cc1CN(C)S(=O)(=O)c1ccc(C)cc1. The highest BCUT2D eigenvalue weighted by Gasteiger charge is 2.23. The Kier molecular flexibility index (Phi) is 6.26. The van der Waals surface area contributed by atoms with Crippen LogP contribution in [0.4, 0.5) is 5.69 Å². The summed E-state index contributed by atoms with van der Waals surface area (Å²) < 4.78 is 43.2. The van der Waals surface area contributed by atoms with E-state index in [1.165, 1.54) is 18.5 Å². The van der Waals surface area contributed by atoms with Crippen molar-refractivity contribution in [1.82, 2.24) is 4.31 Å². The molecular weight excluding hydrogens is 444 g/mol. The summed E-state index contributed by atoms with van der Waals surface area (Å²) in [6.45, 7) is 2.07. The summed E-state index contributed by atoms with van der Waals surface area (Å²) in [6.07, 6.45) is 0. The molecule has 1 aliphatic rings. The number of carbonyl (C=O) groups excluding carboxylic acids is 1. The van der Waals surface area contributed by atoms with E-state index >= 15 is 0 Å². The molecule has 0 bridgehead atoms. The summed E-state index contributed by atoms with van der Waals surface area (Å²) in [5.74, 6) is 1.33. The molecule has 0 fully saturated rings. The molecule has 1 amide bonds. The number of aryl methyl sites for hydroxylation is 1. The van der Waals surface area contributed by atoms with Crippen molar-refractivity contribution in [2.45, 2.75) is 18.4 Å². The van der Waals surface area contributed by atoms with E-state index in [-0.39, 0.29) is 24.1 Å². The number of nitrogens with one attached hydrogen (secondary N) is 1. The predicted molar refractivity (Wildman–Crippen MR) is 123 cm³/mol. The second-order valence-electron chi connectivity index (χ2n) is 7.62. The van der Waals surface area contributed by atoms with Crippen molar-refractivity contribution in [1.29, 1.82) is 0 Å². The zero-order valence-corrected chi connectivity index (χ0v) is 19.3. The Morgan fingerprint density at radius 3 is 2.48 bits per heavy atom. The molecule has 1 heterocycles. The number of rotatable bonds is 7. The molecule has 0 aromatic heterocycles. The van der Waals surface area contributed by atoms with Gasteiger partial charge in [0.05, 0.1) is 12.0 Å². The van der Waals surface area contributed by atoms with Gasteiger partial charge in [-0.25, -0.2) is 8.42 Å². The van der Waals surface area contributed by atoms with Crippen molar-refractivity contribution in [3.05, 3.63) is 77.4 Å². The van der Waals surface area contributed by atoms with Crippen LogP contribution in [0.1, 0.15) is 21.5 Å². The van der Waals surface area contributed by atoms with Crippen LogP contribution < -0.4 is 19.5 Å². The molecule has 1 N–H and O–H groups in total. The molecule has 4 rings (SSSR count).